The standard InChI is InChI=1S/C19H22O5/c1-3-23-18(21)12-8-11-16(19(22)24-4-2)17(20)14-13-15-9-6-5-7-10-15/h5-10,12-14,20H,3-4,11H2,1-2H3/b12-8+,14-13+,17-16+. The summed E-state index contributed by atoms with van der Waals surface area (Å²) in [6, 6.07) is 9.36. The maximum absolute atomic E-state index is 12.0. The van der Waals surface area contributed by atoms with E-state index in [0.29, 0.717) is 0 Å². The van der Waals surface area contributed by atoms with Crippen LogP contribution >= 0.6 is 0 Å². The van der Waals surface area contributed by atoms with Crippen LogP contribution in [0.15, 0.2) is 59.9 Å². The van der Waals surface area contributed by atoms with Gasteiger partial charge < -0.3 is 14.6 Å². The molecule has 0 atom stereocenters. The SMILES string of the molecule is CCOC(=O)/C=C/C/C(C(=O)OCC)=C(O)/C=C/c1ccccc1. The summed E-state index contributed by atoms with van der Waals surface area (Å²) in [5.74, 6) is -1.33. The zero-order chi connectivity index (χ0) is 17.8. The van der Waals surface area contributed by atoms with Crippen molar-refractivity contribution in [2.75, 3.05) is 13.2 Å². The third kappa shape index (κ3) is 6.96. The van der Waals surface area contributed by atoms with Crippen molar-refractivity contribution in [1.29, 1.82) is 0 Å². The van der Waals surface area contributed by atoms with Crippen LogP contribution in [-0.4, -0.2) is 30.3 Å². The van der Waals surface area contributed by atoms with Gasteiger partial charge in [0.05, 0.1) is 18.8 Å². The van der Waals surface area contributed by atoms with Gasteiger partial charge in [0.2, 0.25) is 0 Å². The molecule has 0 fully saturated rings. The third-order valence-electron chi connectivity index (χ3n) is 2.93. The Morgan fingerprint density at radius 3 is 2.33 bits per heavy atom. The molecule has 0 amide bonds. The molecule has 0 spiro atoms. The van der Waals surface area contributed by atoms with Crippen molar-refractivity contribution < 1.29 is 24.2 Å². The summed E-state index contributed by atoms with van der Waals surface area (Å²) in [6.45, 7) is 3.85. The molecule has 1 aromatic carbocycles. The minimum absolute atomic E-state index is 0.0581. The summed E-state index contributed by atoms with van der Waals surface area (Å²) in [6.07, 6.45) is 5.85. The Morgan fingerprint density at radius 2 is 1.71 bits per heavy atom. The molecule has 0 saturated carbocycles. The largest absolute Gasteiger partial charge is 0.507 e. The number of allylic oxidation sites excluding steroid dienone is 2. The van der Waals surface area contributed by atoms with Crippen LogP contribution in [0.25, 0.3) is 6.08 Å². The van der Waals surface area contributed by atoms with Crippen LogP contribution in [0.3, 0.4) is 0 Å². The van der Waals surface area contributed by atoms with Gasteiger partial charge in [0.25, 0.3) is 0 Å². The lowest BCUT2D eigenvalue weighted by Gasteiger charge is -2.06. The van der Waals surface area contributed by atoms with Gasteiger partial charge in [-0.3, -0.25) is 0 Å². The lowest BCUT2D eigenvalue weighted by Crippen LogP contribution is -2.09. The molecule has 0 bridgehead atoms. The van der Waals surface area contributed by atoms with Crippen molar-refractivity contribution in [1.82, 2.24) is 0 Å². The van der Waals surface area contributed by atoms with Crippen molar-refractivity contribution in [3.8, 4) is 0 Å². The Labute approximate surface area is 141 Å². The van der Waals surface area contributed by atoms with E-state index in [1.165, 1.54) is 18.2 Å². The highest BCUT2D eigenvalue weighted by atomic mass is 16.5. The molecule has 0 aliphatic rings. The van der Waals surface area contributed by atoms with E-state index in [-0.39, 0.29) is 31.0 Å². The van der Waals surface area contributed by atoms with Gasteiger partial charge >= 0.3 is 11.9 Å². The first-order chi connectivity index (χ1) is 11.6. The van der Waals surface area contributed by atoms with E-state index in [0.717, 1.165) is 5.56 Å². The smallest absolute Gasteiger partial charge is 0.338 e. The van der Waals surface area contributed by atoms with Crippen molar-refractivity contribution in [2.24, 2.45) is 0 Å². The molecule has 5 heteroatoms. The predicted octanol–water partition coefficient (Wildman–Crippen LogP) is 3.58. The zero-order valence-electron chi connectivity index (χ0n) is 13.9. The fraction of sp³-hybridized carbons (Fsp3) is 0.263. The average Bonchev–Trinajstić information content (AvgIpc) is 2.58. The van der Waals surface area contributed by atoms with Crippen LogP contribution in [0.5, 0.6) is 0 Å². The van der Waals surface area contributed by atoms with Crippen LogP contribution in [0, 0.1) is 0 Å². The number of rotatable bonds is 8. The Balaban J connectivity index is 2.92. The van der Waals surface area contributed by atoms with Crippen molar-refractivity contribution in [2.45, 2.75) is 20.3 Å². The number of ether oxygens (including phenoxy) is 2. The molecular formula is C19H22O5. The van der Waals surface area contributed by atoms with Crippen molar-refractivity contribution in [3.05, 3.63) is 65.5 Å². The second kappa shape index (κ2) is 10.8. The van der Waals surface area contributed by atoms with Gasteiger partial charge in [-0.25, -0.2) is 9.59 Å². The second-order valence-corrected chi connectivity index (χ2v) is 4.69. The van der Waals surface area contributed by atoms with Crippen LogP contribution in [0.4, 0.5) is 0 Å². The Morgan fingerprint density at radius 1 is 1.04 bits per heavy atom. The van der Waals surface area contributed by atoms with Crippen LogP contribution in [0.1, 0.15) is 25.8 Å². The van der Waals surface area contributed by atoms with E-state index in [4.69, 9.17) is 9.47 Å². The lowest BCUT2D eigenvalue weighted by atomic mass is 10.1. The first kappa shape index (κ1) is 19.2. The van der Waals surface area contributed by atoms with Crippen LogP contribution < -0.4 is 0 Å². The highest BCUT2D eigenvalue weighted by Crippen LogP contribution is 2.13. The summed E-state index contributed by atoms with van der Waals surface area (Å²) in [5, 5.41) is 10.2. The van der Waals surface area contributed by atoms with E-state index >= 15 is 0 Å². The first-order valence-electron chi connectivity index (χ1n) is 7.74. The summed E-state index contributed by atoms with van der Waals surface area (Å²) in [4.78, 5) is 23.3. The molecule has 1 rings (SSSR count). The van der Waals surface area contributed by atoms with E-state index < -0.39 is 11.9 Å². The highest BCUT2D eigenvalue weighted by molar-refractivity contribution is 5.90. The maximum Gasteiger partial charge on any atom is 0.338 e. The van der Waals surface area contributed by atoms with E-state index in [1.807, 2.05) is 30.3 Å². The maximum atomic E-state index is 12.0. The molecule has 0 unspecified atom stereocenters. The fourth-order valence-corrected chi connectivity index (χ4v) is 1.81. The molecule has 24 heavy (non-hydrogen) atoms. The molecule has 5 nitrogen and oxygen atoms in total. The molecule has 0 radical (unpaired) electrons. The van der Waals surface area contributed by atoms with Gasteiger partial charge in [-0.15, -0.1) is 0 Å². The zero-order valence-corrected chi connectivity index (χ0v) is 13.9. The molecule has 0 aliphatic carbocycles. The molecule has 0 aliphatic heterocycles. The van der Waals surface area contributed by atoms with Crippen molar-refractivity contribution in [3.63, 3.8) is 0 Å². The minimum Gasteiger partial charge on any atom is -0.507 e. The molecule has 0 heterocycles. The normalized spacial score (nSPS) is 12.2. The second-order valence-electron chi connectivity index (χ2n) is 4.69. The number of esters is 2. The van der Waals surface area contributed by atoms with E-state index in [2.05, 4.69) is 0 Å². The topological polar surface area (TPSA) is 72.8 Å². The quantitative estimate of drug-likeness (QED) is 0.341. The number of hydrogen-bond acceptors (Lipinski definition) is 5. The molecule has 0 aromatic heterocycles. The van der Waals surface area contributed by atoms with Gasteiger partial charge in [-0.1, -0.05) is 42.5 Å². The van der Waals surface area contributed by atoms with Gasteiger partial charge in [0.15, 0.2) is 0 Å². The number of benzene rings is 1. The number of aliphatic hydroxyl groups excluding tert-OH is 1. The number of hydrogen-bond donors (Lipinski definition) is 1. The van der Waals surface area contributed by atoms with Crippen LogP contribution in [-0.2, 0) is 19.1 Å². The summed E-state index contributed by atoms with van der Waals surface area (Å²) in [7, 11) is 0. The molecule has 128 valence electrons. The van der Waals surface area contributed by atoms with Gasteiger partial charge in [0.1, 0.15) is 5.76 Å². The predicted molar refractivity (Wildman–Crippen MR) is 92.2 cm³/mol. The monoisotopic (exact) mass is 330 g/mol. The minimum atomic E-state index is -0.624. The van der Waals surface area contributed by atoms with E-state index in [9.17, 15) is 14.7 Å². The Bertz CT molecular complexity index is 626. The number of carbonyl (C=O) groups is 2. The number of aliphatic hydroxyl groups is 1. The third-order valence-corrected chi connectivity index (χ3v) is 2.93. The van der Waals surface area contributed by atoms with Gasteiger partial charge in [0, 0.05) is 12.5 Å². The molecule has 0 saturated heterocycles. The van der Waals surface area contributed by atoms with E-state index in [1.54, 1.807) is 19.9 Å². The summed E-state index contributed by atoms with van der Waals surface area (Å²) < 4.78 is 9.70. The molecule has 1 aromatic rings. The van der Waals surface area contributed by atoms with Gasteiger partial charge in [-0.05, 0) is 25.5 Å². The molecular weight excluding hydrogens is 308 g/mol. The summed E-state index contributed by atoms with van der Waals surface area (Å²) in [5.41, 5.74) is 0.957. The van der Waals surface area contributed by atoms with Gasteiger partial charge in [-0.2, -0.15) is 0 Å². The van der Waals surface area contributed by atoms with Crippen LogP contribution in [0.2, 0.25) is 0 Å². The Hall–Kier alpha value is -2.82. The molecule has 1 N–H and O–H groups in total. The average molecular weight is 330 g/mol. The van der Waals surface area contributed by atoms with Crippen molar-refractivity contribution >= 4 is 18.0 Å². The first-order valence-corrected chi connectivity index (χ1v) is 7.74. The fourth-order valence-electron chi connectivity index (χ4n) is 1.81. The highest BCUT2D eigenvalue weighted by Gasteiger charge is 2.14. The lowest BCUT2D eigenvalue weighted by molar-refractivity contribution is -0.139. The number of carbonyl (C=O) groups excluding carboxylic acids is 2. The summed E-state index contributed by atoms with van der Waals surface area (Å²) >= 11 is 0. The Kier molecular flexibility index (Phi) is 8.68.